The average Bonchev–Trinajstić information content (AvgIpc) is 2.74. The van der Waals surface area contributed by atoms with E-state index in [1.54, 1.807) is 6.07 Å². The van der Waals surface area contributed by atoms with Crippen molar-refractivity contribution >= 4 is 0 Å². The fourth-order valence-electron chi connectivity index (χ4n) is 2.38. The molecule has 1 aliphatic carbocycles. The Hall–Kier alpha value is -1.22. The second kappa shape index (κ2) is 4.11. The van der Waals surface area contributed by atoms with Crippen LogP contribution < -0.4 is 5.73 Å². The molecule has 4 N–H and O–H groups in total. The van der Waals surface area contributed by atoms with Gasteiger partial charge in [-0.3, -0.25) is 0 Å². The van der Waals surface area contributed by atoms with Crippen LogP contribution in [0.1, 0.15) is 37.3 Å². The van der Waals surface area contributed by atoms with E-state index >= 15 is 0 Å². The molecule has 0 saturated heterocycles. The fraction of sp³-hybridized carbons (Fsp3) is 0.500. The highest BCUT2D eigenvalue weighted by molar-refractivity contribution is 5.40. The van der Waals surface area contributed by atoms with Crippen molar-refractivity contribution in [3.63, 3.8) is 0 Å². The second-order valence-corrected chi connectivity index (χ2v) is 4.31. The van der Waals surface area contributed by atoms with Gasteiger partial charge in [-0.15, -0.1) is 0 Å². The molecule has 0 bridgehead atoms. The Kier molecular flexibility index (Phi) is 2.82. The van der Waals surface area contributed by atoms with Gasteiger partial charge < -0.3 is 15.9 Å². The van der Waals surface area contributed by atoms with Crippen LogP contribution in [0.4, 0.5) is 0 Å². The molecule has 0 amide bonds. The lowest BCUT2D eigenvalue weighted by atomic mass is 9.92. The van der Waals surface area contributed by atoms with Crippen molar-refractivity contribution in [1.82, 2.24) is 0 Å². The average molecular weight is 207 g/mol. The van der Waals surface area contributed by atoms with Gasteiger partial charge in [-0.1, -0.05) is 12.8 Å². The van der Waals surface area contributed by atoms with Gasteiger partial charge in [-0.2, -0.15) is 0 Å². The third-order valence-electron chi connectivity index (χ3n) is 3.28. The summed E-state index contributed by atoms with van der Waals surface area (Å²) in [5.74, 6) is 0.793. The summed E-state index contributed by atoms with van der Waals surface area (Å²) in [6.07, 6.45) is 4.68. The van der Waals surface area contributed by atoms with Gasteiger partial charge in [0, 0.05) is 11.6 Å². The highest BCUT2D eigenvalue weighted by atomic mass is 16.3. The molecule has 2 rings (SSSR count). The maximum absolute atomic E-state index is 9.67. The largest absolute Gasteiger partial charge is 0.508 e. The smallest absolute Gasteiger partial charge is 0.120 e. The first-order valence-electron chi connectivity index (χ1n) is 5.46. The van der Waals surface area contributed by atoms with E-state index in [0.717, 1.165) is 12.8 Å². The molecule has 1 aromatic carbocycles. The molecular weight excluding hydrogens is 190 g/mol. The van der Waals surface area contributed by atoms with Crippen molar-refractivity contribution < 1.29 is 10.2 Å². The monoisotopic (exact) mass is 207 g/mol. The normalized spacial score (nSPS) is 19.3. The molecule has 0 unspecified atom stereocenters. The van der Waals surface area contributed by atoms with Gasteiger partial charge in [-0.05, 0) is 37.0 Å². The van der Waals surface area contributed by atoms with E-state index in [1.807, 2.05) is 0 Å². The number of benzene rings is 1. The minimum absolute atomic E-state index is 0.153. The minimum atomic E-state index is -0.153. The fourth-order valence-corrected chi connectivity index (χ4v) is 2.38. The van der Waals surface area contributed by atoms with Gasteiger partial charge in [0.25, 0.3) is 0 Å². The predicted octanol–water partition coefficient (Wildman–Crippen LogP) is 2.29. The van der Waals surface area contributed by atoms with Crippen molar-refractivity contribution in [2.75, 3.05) is 0 Å². The molecule has 1 aromatic rings. The van der Waals surface area contributed by atoms with Gasteiger partial charge >= 0.3 is 0 Å². The molecule has 1 atom stereocenters. The van der Waals surface area contributed by atoms with E-state index in [-0.39, 0.29) is 17.5 Å². The Balaban J connectivity index is 2.23. The molecule has 1 saturated carbocycles. The van der Waals surface area contributed by atoms with Crippen molar-refractivity contribution in [3.05, 3.63) is 23.8 Å². The number of hydrogen-bond donors (Lipinski definition) is 3. The van der Waals surface area contributed by atoms with Crippen LogP contribution in [-0.2, 0) is 0 Å². The summed E-state index contributed by atoms with van der Waals surface area (Å²) in [5, 5.41) is 19.0. The zero-order valence-corrected chi connectivity index (χ0v) is 8.69. The van der Waals surface area contributed by atoms with Gasteiger partial charge in [0.2, 0.25) is 0 Å². The van der Waals surface area contributed by atoms with Crippen LogP contribution in [0.5, 0.6) is 11.5 Å². The molecule has 1 aliphatic rings. The molecule has 0 radical (unpaired) electrons. The molecule has 15 heavy (non-hydrogen) atoms. The van der Waals surface area contributed by atoms with E-state index in [1.165, 1.54) is 25.0 Å². The van der Waals surface area contributed by atoms with Gasteiger partial charge in [0.1, 0.15) is 11.5 Å². The zero-order valence-electron chi connectivity index (χ0n) is 8.69. The van der Waals surface area contributed by atoms with E-state index < -0.39 is 0 Å². The number of phenols is 2. The minimum Gasteiger partial charge on any atom is -0.508 e. The first-order valence-corrected chi connectivity index (χ1v) is 5.46. The van der Waals surface area contributed by atoms with Gasteiger partial charge in [0.05, 0.1) is 0 Å². The number of aromatic hydroxyl groups is 2. The van der Waals surface area contributed by atoms with Crippen molar-refractivity contribution in [2.45, 2.75) is 31.7 Å². The van der Waals surface area contributed by atoms with Gasteiger partial charge in [-0.25, -0.2) is 0 Å². The summed E-state index contributed by atoms with van der Waals surface area (Å²) in [4.78, 5) is 0. The first-order chi connectivity index (χ1) is 7.18. The SMILES string of the molecule is N[C@H](c1cc(O)ccc1O)C1CCCC1. The molecule has 3 nitrogen and oxygen atoms in total. The maximum atomic E-state index is 9.67. The topological polar surface area (TPSA) is 66.5 Å². The number of phenolic OH excluding ortho intramolecular Hbond substituents is 2. The Morgan fingerprint density at radius 1 is 1.20 bits per heavy atom. The third kappa shape index (κ3) is 2.07. The van der Waals surface area contributed by atoms with E-state index in [2.05, 4.69) is 0 Å². The summed E-state index contributed by atoms with van der Waals surface area (Å²) in [5.41, 5.74) is 6.77. The molecule has 0 aromatic heterocycles. The summed E-state index contributed by atoms with van der Waals surface area (Å²) in [6.45, 7) is 0. The standard InChI is InChI=1S/C12H17NO2/c13-12(8-3-1-2-4-8)10-7-9(14)5-6-11(10)15/h5-8,12,14-15H,1-4,13H2/t12-/m0/s1. The summed E-state index contributed by atoms with van der Waals surface area (Å²) >= 11 is 0. The zero-order chi connectivity index (χ0) is 10.8. The Morgan fingerprint density at radius 3 is 2.53 bits per heavy atom. The van der Waals surface area contributed by atoms with Crippen LogP contribution in [0.3, 0.4) is 0 Å². The number of hydrogen-bond acceptors (Lipinski definition) is 3. The number of rotatable bonds is 2. The molecule has 0 spiro atoms. The van der Waals surface area contributed by atoms with E-state index in [9.17, 15) is 10.2 Å². The Morgan fingerprint density at radius 2 is 1.87 bits per heavy atom. The van der Waals surface area contributed by atoms with E-state index in [0.29, 0.717) is 11.5 Å². The molecule has 0 aliphatic heterocycles. The highest BCUT2D eigenvalue weighted by Gasteiger charge is 2.25. The van der Waals surface area contributed by atoms with Crippen molar-refractivity contribution in [1.29, 1.82) is 0 Å². The summed E-state index contributed by atoms with van der Waals surface area (Å²) < 4.78 is 0. The molecular formula is C12H17NO2. The van der Waals surface area contributed by atoms with Crippen LogP contribution >= 0.6 is 0 Å². The van der Waals surface area contributed by atoms with Crippen LogP contribution in [0, 0.1) is 5.92 Å². The lowest BCUT2D eigenvalue weighted by Gasteiger charge is -2.20. The Bertz CT molecular complexity index is 345. The van der Waals surface area contributed by atoms with Crippen LogP contribution in [0.25, 0.3) is 0 Å². The van der Waals surface area contributed by atoms with Crippen molar-refractivity contribution in [2.24, 2.45) is 11.7 Å². The molecule has 1 fully saturated rings. The predicted molar refractivity (Wildman–Crippen MR) is 58.7 cm³/mol. The number of nitrogens with two attached hydrogens (primary N) is 1. The van der Waals surface area contributed by atoms with Crippen LogP contribution in [0.2, 0.25) is 0 Å². The Labute approximate surface area is 89.5 Å². The van der Waals surface area contributed by atoms with Crippen LogP contribution in [0.15, 0.2) is 18.2 Å². The van der Waals surface area contributed by atoms with Gasteiger partial charge in [0.15, 0.2) is 0 Å². The summed E-state index contributed by atoms with van der Waals surface area (Å²) in [6, 6.07) is 4.39. The van der Waals surface area contributed by atoms with Crippen molar-refractivity contribution in [3.8, 4) is 11.5 Å². The molecule has 82 valence electrons. The molecule has 0 heterocycles. The lowest BCUT2D eigenvalue weighted by Crippen LogP contribution is -2.19. The quantitative estimate of drug-likeness (QED) is 0.652. The van der Waals surface area contributed by atoms with E-state index in [4.69, 9.17) is 5.73 Å². The lowest BCUT2D eigenvalue weighted by molar-refractivity contribution is 0.407. The highest BCUT2D eigenvalue weighted by Crippen LogP contribution is 2.38. The third-order valence-corrected chi connectivity index (χ3v) is 3.28. The first kappa shape index (κ1) is 10.3. The second-order valence-electron chi connectivity index (χ2n) is 4.31. The maximum Gasteiger partial charge on any atom is 0.120 e. The molecule has 3 heteroatoms. The summed E-state index contributed by atoms with van der Waals surface area (Å²) in [7, 11) is 0. The van der Waals surface area contributed by atoms with Crippen LogP contribution in [-0.4, -0.2) is 10.2 Å².